The van der Waals surface area contributed by atoms with Crippen LogP contribution in [0.3, 0.4) is 0 Å². The van der Waals surface area contributed by atoms with Crippen LogP contribution in [0.25, 0.3) is 11.0 Å². The Morgan fingerprint density at radius 2 is 1.75 bits per heavy atom. The number of nitrogens with zero attached hydrogens (tertiary/aromatic N) is 2. The summed E-state index contributed by atoms with van der Waals surface area (Å²) in [6.07, 6.45) is 0.878. The number of nitrogens with one attached hydrogen (secondary N) is 1. The topological polar surface area (TPSA) is 39.1 Å². The van der Waals surface area contributed by atoms with Gasteiger partial charge in [0.05, 0.1) is 30.2 Å². The van der Waals surface area contributed by atoms with Gasteiger partial charge in [-0.25, -0.2) is 4.98 Å². The first-order valence-electron chi connectivity index (χ1n) is 9.36. The number of aromatic nitrogens is 2. The number of imidazole rings is 1. The molecule has 5 heteroatoms. The largest absolute Gasteiger partial charge is 0.497 e. The predicted molar refractivity (Wildman–Crippen MR) is 113 cm³/mol. The van der Waals surface area contributed by atoms with E-state index in [-0.39, 0.29) is 12.1 Å². The zero-order valence-corrected chi connectivity index (χ0v) is 16.2. The summed E-state index contributed by atoms with van der Waals surface area (Å²) in [4.78, 5) is 4.85. The van der Waals surface area contributed by atoms with Gasteiger partial charge in [-0.05, 0) is 47.9 Å². The summed E-state index contributed by atoms with van der Waals surface area (Å²) in [6.45, 7) is 0. The fourth-order valence-corrected chi connectivity index (χ4v) is 4.35. The molecule has 3 aromatic carbocycles. The van der Waals surface area contributed by atoms with E-state index in [0.717, 1.165) is 39.7 Å². The maximum absolute atomic E-state index is 6.51. The average Bonchev–Trinajstić information content (AvgIpc) is 3.12. The molecule has 1 aromatic heterocycles. The van der Waals surface area contributed by atoms with Crippen molar-refractivity contribution in [2.75, 3.05) is 12.4 Å². The van der Waals surface area contributed by atoms with Crippen molar-refractivity contribution in [2.45, 2.75) is 18.5 Å². The minimum atomic E-state index is 0.0881. The van der Waals surface area contributed by atoms with Crippen molar-refractivity contribution in [1.29, 1.82) is 0 Å². The Labute approximate surface area is 168 Å². The van der Waals surface area contributed by atoms with Crippen LogP contribution in [0.15, 0.2) is 72.8 Å². The number of ether oxygens (including phenoxy) is 1. The van der Waals surface area contributed by atoms with E-state index in [4.69, 9.17) is 21.3 Å². The predicted octanol–water partition coefficient (Wildman–Crippen LogP) is 5.84. The van der Waals surface area contributed by atoms with Gasteiger partial charge in [0.25, 0.3) is 0 Å². The summed E-state index contributed by atoms with van der Waals surface area (Å²) < 4.78 is 7.63. The maximum Gasteiger partial charge on any atom is 0.204 e. The zero-order chi connectivity index (χ0) is 19.1. The van der Waals surface area contributed by atoms with Gasteiger partial charge in [-0.15, -0.1) is 0 Å². The lowest BCUT2D eigenvalue weighted by atomic mass is 9.92. The van der Waals surface area contributed by atoms with Gasteiger partial charge in [-0.2, -0.15) is 0 Å². The molecule has 0 amide bonds. The number of benzene rings is 3. The smallest absolute Gasteiger partial charge is 0.204 e. The van der Waals surface area contributed by atoms with E-state index in [1.165, 1.54) is 5.56 Å². The number of fused-ring (bicyclic) bond motifs is 3. The third kappa shape index (κ3) is 2.81. The third-order valence-electron chi connectivity index (χ3n) is 5.45. The molecule has 0 bridgehead atoms. The first-order chi connectivity index (χ1) is 13.7. The molecule has 1 N–H and O–H groups in total. The Morgan fingerprint density at radius 1 is 1.00 bits per heavy atom. The normalized spacial score (nSPS) is 18.5. The van der Waals surface area contributed by atoms with Crippen LogP contribution in [0.5, 0.6) is 5.75 Å². The van der Waals surface area contributed by atoms with Crippen molar-refractivity contribution < 1.29 is 4.74 Å². The van der Waals surface area contributed by atoms with E-state index in [9.17, 15) is 0 Å². The van der Waals surface area contributed by atoms with Gasteiger partial charge in [0.1, 0.15) is 5.75 Å². The molecule has 28 heavy (non-hydrogen) atoms. The molecule has 0 saturated heterocycles. The molecule has 0 unspecified atom stereocenters. The summed E-state index contributed by atoms with van der Waals surface area (Å²) in [6, 6.07) is 24.8. The standard InChI is InChI=1S/C23H20ClN3O/c1-28-16-12-10-15(11-13-16)22-14-20(17-6-2-3-7-18(17)24)26-23-25-19-8-4-5-9-21(19)27(22)23/h2-13,20,22H,14H2,1H3,(H,25,26)/t20-,22+/m1/s1. The van der Waals surface area contributed by atoms with Crippen molar-refractivity contribution in [3.8, 4) is 5.75 Å². The number of rotatable bonds is 3. The molecule has 2 atom stereocenters. The Morgan fingerprint density at radius 3 is 2.54 bits per heavy atom. The first-order valence-corrected chi connectivity index (χ1v) is 9.74. The van der Waals surface area contributed by atoms with Crippen molar-refractivity contribution in [3.05, 3.63) is 88.9 Å². The number of anilines is 1. The van der Waals surface area contributed by atoms with E-state index < -0.39 is 0 Å². The second kappa shape index (κ2) is 6.88. The van der Waals surface area contributed by atoms with Gasteiger partial charge in [0.15, 0.2) is 0 Å². The number of halogens is 1. The first kappa shape index (κ1) is 17.1. The second-order valence-electron chi connectivity index (χ2n) is 7.04. The highest BCUT2D eigenvalue weighted by Crippen LogP contribution is 2.42. The summed E-state index contributed by atoms with van der Waals surface area (Å²) in [5.74, 6) is 1.73. The fourth-order valence-electron chi connectivity index (χ4n) is 4.08. The minimum absolute atomic E-state index is 0.0881. The van der Waals surface area contributed by atoms with Gasteiger partial charge in [-0.1, -0.05) is 54.1 Å². The highest BCUT2D eigenvalue weighted by molar-refractivity contribution is 6.31. The number of hydrogen-bond acceptors (Lipinski definition) is 3. The van der Waals surface area contributed by atoms with Crippen LogP contribution in [0.4, 0.5) is 5.95 Å². The molecular formula is C23H20ClN3O. The molecule has 1 aliphatic rings. The zero-order valence-electron chi connectivity index (χ0n) is 15.5. The van der Waals surface area contributed by atoms with Gasteiger partial charge in [0, 0.05) is 5.02 Å². The number of para-hydroxylation sites is 2. The molecule has 0 spiro atoms. The summed E-state index contributed by atoms with van der Waals surface area (Å²) >= 11 is 6.51. The molecule has 1 aliphatic heterocycles. The van der Waals surface area contributed by atoms with Gasteiger partial charge in [-0.3, -0.25) is 0 Å². The molecule has 140 valence electrons. The Balaban J connectivity index is 1.66. The summed E-state index contributed by atoms with van der Waals surface area (Å²) in [5.41, 5.74) is 4.44. The van der Waals surface area contributed by atoms with Crippen LogP contribution in [0, 0.1) is 0 Å². The number of hydrogen-bond donors (Lipinski definition) is 1. The maximum atomic E-state index is 6.51. The fraction of sp³-hybridized carbons (Fsp3) is 0.174. The van der Waals surface area contributed by atoms with Gasteiger partial charge >= 0.3 is 0 Å². The number of methoxy groups -OCH3 is 1. The summed E-state index contributed by atoms with van der Waals surface area (Å²) in [5, 5.41) is 4.38. The minimum Gasteiger partial charge on any atom is -0.497 e. The molecule has 0 radical (unpaired) electrons. The molecule has 0 saturated carbocycles. The lowest BCUT2D eigenvalue weighted by molar-refractivity contribution is 0.414. The van der Waals surface area contributed by atoms with Gasteiger partial charge in [0.2, 0.25) is 5.95 Å². The van der Waals surface area contributed by atoms with E-state index in [0.29, 0.717) is 0 Å². The van der Waals surface area contributed by atoms with E-state index >= 15 is 0 Å². The van der Waals surface area contributed by atoms with Crippen molar-refractivity contribution in [2.24, 2.45) is 0 Å². The van der Waals surface area contributed by atoms with Crippen LogP contribution in [-0.4, -0.2) is 16.7 Å². The van der Waals surface area contributed by atoms with E-state index in [1.54, 1.807) is 7.11 Å². The molecule has 4 aromatic rings. The van der Waals surface area contributed by atoms with Crippen LogP contribution in [0.1, 0.15) is 29.6 Å². The van der Waals surface area contributed by atoms with Crippen LogP contribution in [0.2, 0.25) is 5.02 Å². The summed E-state index contributed by atoms with van der Waals surface area (Å²) in [7, 11) is 1.69. The Kier molecular flexibility index (Phi) is 4.21. The van der Waals surface area contributed by atoms with E-state index in [2.05, 4.69) is 46.3 Å². The monoisotopic (exact) mass is 389 g/mol. The van der Waals surface area contributed by atoms with Crippen LogP contribution < -0.4 is 10.1 Å². The molecule has 4 nitrogen and oxygen atoms in total. The highest BCUT2D eigenvalue weighted by atomic mass is 35.5. The molecule has 2 heterocycles. The average molecular weight is 390 g/mol. The van der Waals surface area contributed by atoms with Gasteiger partial charge < -0.3 is 14.6 Å². The third-order valence-corrected chi connectivity index (χ3v) is 5.80. The lowest BCUT2D eigenvalue weighted by Gasteiger charge is -2.34. The SMILES string of the molecule is COc1ccc([C@@H]2C[C@H](c3ccccc3Cl)Nc3nc4ccccc4n32)cc1. The second-order valence-corrected chi connectivity index (χ2v) is 7.44. The quantitative estimate of drug-likeness (QED) is 0.478. The highest BCUT2D eigenvalue weighted by Gasteiger charge is 2.31. The Bertz CT molecular complexity index is 1140. The van der Waals surface area contributed by atoms with Crippen molar-refractivity contribution in [3.63, 3.8) is 0 Å². The molecule has 5 rings (SSSR count). The van der Waals surface area contributed by atoms with Crippen molar-refractivity contribution >= 4 is 28.6 Å². The Hall–Kier alpha value is -2.98. The van der Waals surface area contributed by atoms with Crippen LogP contribution in [-0.2, 0) is 0 Å². The van der Waals surface area contributed by atoms with E-state index in [1.807, 2.05) is 36.4 Å². The molecule has 0 fully saturated rings. The van der Waals surface area contributed by atoms with Crippen LogP contribution >= 0.6 is 11.6 Å². The van der Waals surface area contributed by atoms with Crippen molar-refractivity contribution in [1.82, 2.24) is 9.55 Å². The lowest BCUT2D eigenvalue weighted by Crippen LogP contribution is -2.27. The molecular weight excluding hydrogens is 370 g/mol. The molecule has 0 aliphatic carbocycles.